The van der Waals surface area contributed by atoms with Crippen LogP contribution in [0.5, 0.6) is 0 Å². The lowest BCUT2D eigenvalue weighted by molar-refractivity contribution is 0.266. The van der Waals surface area contributed by atoms with E-state index in [9.17, 15) is 8.42 Å². The maximum absolute atomic E-state index is 13.1. The van der Waals surface area contributed by atoms with Crippen molar-refractivity contribution in [2.75, 3.05) is 24.4 Å². The summed E-state index contributed by atoms with van der Waals surface area (Å²) in [5.41, 5.74) is 2.59. The van der Waals surface area contributed by atoms with Gasteiger partial charge in [-0.15, -0.1) is 0 Å². The molecule has 4 rings (SSSR count). The summed E-state index contributed by atoms with van der Waals surface area (Å²) in [6.07, 6.45) is 3.96. The molecule has 1 aromatic heterocycles. The first-order valence-electron chi connectivity index (χ1n) is 10.4. The molecule has 3 atom stereocenters. The van der Waals surface area contributed by atoms with Crippen LogP contribution in [-0.4, -0.2) is 43.4 Å². The zero-order valence-electron chi connectivity index (χ0n) is 17.6. The maximum atomic E-state index is 13.1. The molecule has 1 aliphatic heterocycles. The van der Waals surface area contributed by atoms with Crippen molar-refractivity contribution in [3.63, 3.8) is 0 Å². The summed E-state index contributed by atoms with van der Waals surface area (Å²) in [4.78, 5) is 4.55. The summed E-state index contributed by atoms with van der Waals surface area (Å²) in [6.45, 7) is 6.59. The first-order chi connectivity index (χ1) is 15.0. The Morgan fingerprint density at radius 2 is 1.90 bits per heavy atom. The number of hydrogen-bond donors (Lipinski definition) is 3. The van der Waals surface area contributed by atoms with Gasteiger partial charge in [0.2, 0.25) is 0 Å². The van der Waals surface area contributed by atoms with Gasteiger partial charge in [-0.25, -0.2) is 12.7 Å². The molecule has 166 valence electrons. The third-order valence-corrected chi connectivity index (χ3v) is 8.56. The van der Waals surface area contributed by atoms with Crippen molar-refractivity contribution in [1.82, 2.24) is 14.6 Å². The van der Waals surface area contributed by atoms with Crippen molar-refractivity contribution in [1.29, 1.82) is 0 Å². The molecule has 0 radical (unpaired) electrons. The second kappa shape index (κ2) is 9.83. The number of aromatic amines is 1. The molecule has 0 saturated carbocycles. The zero-order valence-corrected chi connectivity index (χ0v) is 20.0. The molecule has 0 aliphatic carbocycles. The highest BCUT2D eigenvalue weighted by atomic mass is 35.5. The lowest BCUT2D eigenvalue weighted by atomic mass is 10.1. The first kappa shape index (κ1) is 22.5. The Kier molecular flexibility index (Phi) is 7.13. The molecule has 3 aromatic rings. The van der Waals surface area contributed by atoms with E-state index in [2.05, 4.69) is 26.3 Å². The van der Waals surface area contributed by atoms with E-state index in [1.807, 2.05) is 31.3 Å². The van der Waals surface area contributed by atoms with Crippen LogP contribution in [0, 0.1) is 6.92 Å². The standard InChI is InChI=1S/C22H27ClN4O2S2/c1-3-4-16-14-24-11-12-27(16)31(29)18-7-5-17(6-8-18)30(28)26-20-10-9-19(23)21-15(2)13-25-22(20)21/h5-10,13,16,24-26H,3-4,11-12,14H2,1-2H3. The van der Waals surface area contributed by atoms with Crippen molar-refractivity contribution in [3.05, 3.63) is 53.2 Å². The average Bonchev–Trinajstić information content (AvgIpc) is 3.18. The van der Waals surface area contributed by atoms with E-state index in [0.717, 1.165) is 59.5 Å². The third-order valence-electron chi connectivity index (χ3n) is 5.56. The average molecular weight is 479 g/mol. The molecule has 3 N–H and O–H groups in total. The Balaban J connectivity index is 1.50. The van der Waals surface area contributed by atoms with Crippen LogP contribution in [0.4, 0.5) is 5.69 Å². The molecule has 1 fully saturated rings. The Morgan fingerprint density at radius 1 is 1.16 bits per heavy atom. The number of piperazine rings is 1. The predicted molar refractivity (Wildman–Crippen MR) is 129 cm³/mol. The van der Waals surface area contributed by atoms with Gasteiger partial charge in [-0.1, -0.05) is 24.9 Å². The molecule has 31 heavy (non-hydrogen) atoms. The van der Waals surface area contributed by atoms with Gasteiger partial charge in [-0.2, -0.15) is 0 Å². The van der Waals surface area contributed by atoms with E-state index in [-0.39, 0.29) is 6.04 Å². The number of H-pyrrole nitrogens is 1. The molecule has 2 aromatic carbocycles. The van der Waals surface area contributed by atoms with Crippen molar-refractivity contribution in [2.45, 2.75) is 42.5 Å². The van der Waals surface area contributed by atoms with E-state index in [1.54, 1.807) is 18.2 Å². The van der Waals surface area contributed by atoms with Gasteiger partial charge in [0.15, 0.2) is 0 Å². The number of hydrogen-bond acceptors (Lipinski definition) is 3. The van der Waals surface area contributed by atoms with Crippen LogP contribution in [0.1, 0.15) is 25.3 Å². The van der Waals surface area contributed by atoms with E-state index in [4.69, 9.17) is 11.6 Å². The number of anilines is 1. The first-order valence-corrected chi connectivity index (χ1v) is 13.1. The molecule has 1 aliphatic rings. The number of fused-ring (bicyclic) bond motifs is 1. The molecule has 0 amide bonds. The maximum Gasteiger partial charge on any atom is 0.150 e. The fraction of sp³-hybridized carbons (Fsp3) is 0.364. The number of benzene rings is 2. The Hall–Kier alpha value is -1.71. The van der Waals surface area contributed by atoms with Gasteiger partial charge < -0.3 is 10.3 Å². The smallest absolute Gasteiger partial charge is 0.150 e. The number of halogens is 1. The lowest BCUT2D eigenvalue weighted by Crippen LogP contribution is -2.51. The van der Waals surface area contributed by atoms with E-state index < -0.39 is 22.0 Å². The molecule has 3 unspecified atom stereocenters. The highest BCUT2D eigenvalue weighted by Crippen LogP contribution is 2.32. The minimum absolute atomic E-state index is 0.270. The molecule has 9 heteroatoms. The van der Waals surface area contributed by atoms with Crippen LogP contribution < -0.4 is 10.0 Å². The second-order valence-electron chi connectivity index (χ2n) is 7.70. The van der Waals surface area contributed by atoms with Gasteiger partial charge in [0.25, 0.3) is 0 Å². The molecule has 0 bridgehead atoms. The number of aryl methyl sites for hydroxylation is 1. The highest BCUT2D eigenvalue weighted by molar-refractivity contribution is 7.86. The Morgan fingerprint density at radius 3 is 2.65 bits per heavy atom. The number of aromatic nitrogens is 1. The predicted octanol–water partition coefficient (Wildman–Crippen LogP) is 4.36. The Labute approximate surface area is 192 Å². The van der Waals surface area contributed by atoms with Crippen LogP contribution in [0.15, 0.2) is 52.4 Å². The summed E-state index contributed by atoms with van der Waals surface area (Å²) in [5.74, 6) is 0. The van der Waals surface area contributed by atoms with E-state index in [1.165, 1.54) is 0 Å². The van der Waals surface area contributed by atoms with Gasteiger partial charge >= 0.3 is 0 Å². The zero-order chi connectivity index (χ0) is 22.0. The van der Waals surface area contributed by atoms with Crippen molar-refractivity contribution in [3.8, 4) is 0 Å². The van der Waals surface area contributed by atoms with Crippen LogP contribution in [0.3, 0.4) is 0 Å². The molecule has 0 spiro atoms. The second-order valence-corrected chi connectivity index (χ2v) is 10.8. The van der Waals surface area contributed by atoms with Gasteiger partial charge in [0.1, 0.15) is 22.0 Å². The number of nitrogens with one attached hydrogen (secondary N) is 3. The lowest BCUT2D eigenvalue weighted by Gasteiger charge is -2.34. The summed E-state index contributed by atoms with van der Waals surface area (Å²) < 4.78 is 31.2. The van der Waals surface area contributed by atoms with Crippen LogP contribution in [-0.2, 0) is 22.0 Å². The summed E-state index contributed by atoms with van der Waals surface area (Å²) >= 11 is 6.31. The molecular weight excluding hydrogens is 452 g/mol. The van der Waals surface area contributed by atoms with Crippen molar-refractivity contribution < 1.29 is 8.42 Å². The summed E-state index contributed by atoms with van der Waals surface area (Å²) in [6, 6.07) is 11.1. The van der Waals surface area contributed by atoms with Gasteiger partial charge in [0, 0.05) is 37.3 Å². The number of nitrogens with zero attached hydrogens (tertiary/aromatic N) is 1. The summed E-state index contributed by atoms with van der Waals surface area (Å²) in [5, 5.41) is 4.97. The topological polar surface area (TPSA) is 77.2 Å². The van der Waals surface area contributed by atoms with E-state index in [0.29, 0.717) is 9.92 Å². The van der Waals surface area contributed by atoms with E-state index >= 15 is 0 Å². The van der Waals surface area contributed by atoms with Crippen LogP contribution in [0.25, 0.3) is 10.9 Å². The van der Waals surface area contributed by atoms with Crippen LogP contribution >= 0.6 is 11.6 Å². The minimum atomic E-state index is -1.46. The monoisotopic (exact) mass is 478 g/mol. The SMILES string of the molecule is CCCC1CNCCN1S(=O)c1ccc(S(=O)Nc2ccc(Cl)c3c(C)c[nH]c23)cc1. The summed E-state index contributed by atoms with van der Waals surface area (Å²) in [7, 11) is -2.68. The highest BCUT2D eigenvalue weighted by Gasteiger charge is 2.27. The fourth-order valence-corrected chi connectivity index (χ4v) is 6.49. The largest absolute Gasteiger partial charge is 0.359 e. The fourth-order valence-electron chi connectivity index (χ4n) is 3.96. The molecule has 6 nitrogen and oxygen atoms in total. The molecule has 2 heterocycles. The normalized spacial score (nSPS) is 19.4. The van der Waals surface area contributed by atoms with Gasteiger partial charge in [-0.3, -0.25) is 4.72 Å². The Bertz CT molecular complexity index is 1110. The van der Waals surface area contributed by atoms with Crippen molar-refractivity contribution in [2.24, 2.45) is 0 Å². The minimum Gasteiger partial charge on any atom is -0.359 e. The quantitative estimate of drug-likeness (QED) is 0.472. The van der Waals surface area contributed by atoms with Crippen molar-refractivity contribution >= 4 is 50.2 Å². The molecule has 1 saturated heterocycles. The number of rotatable bonds is 7. The van der Waals surface area contributed by atoms with Gasteiger partial charge in [0.05, 0.1) is 26.0 Å². The van der Waals surface area contributed by atoms with Crippen LogP contribution in [0.2, 0.25) is 5.02 Å². The molecular formula is C22H27ClN4O2S2. The van der Waals surface area contributed by atoms with Gasteiger partial charge in [-0.05, 0) is 55.3 Å². The third kappa shape index (κ3) is 4.73.